The highest BCUT2D eigenvalue weighted by molar-refractivity contribution is 5.92. The number of rotatable bonds is 5. The molecule has 2 aliphatic rings. The number of nitrogens with zero attached hydrogens (tertiary/aromatic N) is 5. The van der Waals surface area contributed by atoms with Crippen molar-refractivity contribution in [1.29, 1.82) is 0 Å². The molecule has 1 aliphatic heterocycles. The van der Waals surface area contributed by atoms with Crippen LogP contribution >= 0.6 is 0 Å². The number of piperidine rings is 1. The quantitative estimate of drug-likeness (QED) is 0.696. The van der Waals surface area contributed by atoms with Crippen LogP contribution in [0.3, 0.4) is 0 Å². The third-order valence-corrected chi connectivity index (χ3v) is 5.68. The minimum Gasteiger partial charge on any atom is -0.356 e. The smallest absolute Gasteiger partial charge is 0.272 e. The number of carbonyl (C=O) groups excluding carboxylic acids is 1. The first-order valence-electron chi connectivity index (χ1n) is 10.4. The molecule has 1 saturated heterocycles. The van der Waals surface area contributed by atoms with Crippen molar-refractivity contribution in [3.63, 3.8) is 0 Å². The molecule has 1 aliphatic carbocycles. The molecule has 0 aromatic carbocycles. The summed E-state index contributed by atoms with van der Waals surface area (Å²) in [7, 11) is 0. The number of pyridine rings is 1. The summed E-state index contributed by atoms with van der Waals surface area (Å²) >= 11 is 0. The molecule has 8 heteroatoms. The summed E-state index contributed by atoms with van der Waals surface area (Å²) < 4.78 is 5.51. The van der Waals surface area contributed by atoms with Gasteiger partial charge in [0.15, 0.2) is 5.76 Å². The highest BCUT2D eigenvalue weighted by Gasteiger charge is 2.29. The first kappa shape index (κ1) is 18.7. The van der Waals surface area contributed by atoms with Gasteiger partial charge < -0.3 is 14.7 Å². The van der Waals surface area contributed by atoms with E-state index in [2.05, 4.69) is 20.4 Å². The van der Waals surface area contributed by atoms with Gasteiger partial charge in [-0.15, -0.1) is 0 Å². The second-order valence-corrected chi connectivity index (χ2v) is 8.03. The molecule has 2 fully saturated rings. The van der Waals surface area contributed by atoms with Crippen molar-refractivity contribution in [1.82, 2.24) is 25.0 Å². The second-order valence-electron chi connectivity index (χ2n) is 8.03. The molecule has 8 nitrogen and oxygen atoms in total. The normalized spacial score (nSPS) is 17.2. The zero-order valence-corrected chi connectivity index (χ0v) is 16.9. The average Bonchev–Trinajstić information content (AvgIpc) is 3.50. The van der Waals surface area contributed by atoms with Gasteiger partial charge in [-0.1, -0.05) is 11.2 Å². The predicted molar refractivity (Wildman–Crippen MR) is 111 cm³/mol. The molecule has 0 atom stereocenters. The van der Waals surface area contributed by atoms with Crippen molar-refractivity contribution in [2.24, 2.45) is 0 Å². The molecule has 3 aromatic heterocycles. The maximum atomic E-state index is 12.7. The van der Waals surface area contributed by atoms with Gasteiger partial charge >= 0.3 is 0 Å². The highest BCUT2D eigenvalue weighted by Crippen LogP contribution is 2.35. The lowest BCUT2D eigenvalue weighted by Crippen LogP contribution is -2.38. The van der Waals surface area contributed by atoms with Crippen molar-refractivity contribution in [2.75, 3.05) is 18.4 Å². The monoisotopic (exact) mass is 404 g/mol. The Bertz CT molecular complexity index is 1040. The van der Waals surface area contributed by atoms with Crippen molar-refractivity contribution >= 4 is 11.9 Å². The van der Waals surface area contributed by atoms with Gasteiger partial charge in [0.25, 0.3) is 5.91 Å². The van der Waals surface area contributed by atoms with Gasteiger partial charge in [-0.05, 0) is 44.7 Å². The Hall–Kier alpha value is -3.29. The van der Waals surface area contributed by atoms with E-state index in [1.54, 1.807) is 12.3 Å². The van der Waals surface area contributed by atoms with Gasteiger partial charge in [0.1, 0.15) is 5.69 Å². The highest BCUT2D eigenvalue weighted by atomic mass is 16.5. The third kappa shape index (κ3) is 3.90. The molecule has 154 valence electrons. The first-order valence-corrected chi connectivity index (χ1v) is 10.4. The van der Waals surface area contributed by atoms with E-state index in [0.29, 0.717) is 36.5 Å². The Morgan fingerprint density at radius 3 is 2.67 bits per heavy atom. The fraction of sp³-hybridized carbons (Fsp3) is 0.409. The molecule has 30 heavy (non-hydrogen) atoms. The number of hydrogen-bond donors (Lipinski definition) is 1. The SMILES string of the molecule is Cc1cc(-c2cnc(NC3CC3)nc2C2CCN(C(=O)c3ccccn3)CC2)on1. The van der Waals surface area contributed by atoms with Crippen LogP contribution in [0.5, 0.6) is 0 Å². The Balaban J connectivity index is 1.37. The zero-order valence-electron chi connectivity index (χ0n) is 16.9. The van der Waals surface area contributed by atoms with Crippen LogP contribution < -0.4 is 5.32 Å². The molecular formula is C22H24N6O2. The number of aromatic nitrogens is 4. The lowest BCUT2D eigenvalue weighted by molar-refractivity contribution is 0.0706. The second kappa shape index (κ2) is 7.85. The molecule has 0 unspecified atom stereocenters. The number of carbonyl (C=O) groups is 1. The largest absolute Gasteiger partial charge is 0.356 e. The van der Waals surface area contributed by atoms with Gasteiger partial charge in [0.2, 0.25) is 5.95 Å². The van der Waals surface area contributed by atoms with Gasteiger partial charge in [-0.2, -0.15) is 0 Å². The minimum absolute atomic E-state index is 0.0149. The number of likely N-dealkylation sites (tertiary alicyclic amines) is 1. The fourth-order valence-corrected chi connectivity index (χ4v) is 3.87. The molecule has 0 bridgehead atoms. The molecule has 3 aromatic rings. The Kier molecular flexibility index (Phi) is 4.90. The van der Waals surface area contributed by atoms with Crippen molar-refractivity contribution in [3.8, 4) is 11.3 Å². The van der Waals surface area contributed by atoms with Crippen molar-refractivity contribution < 1.29 is 9.32 Å². The summed E-state index contributed by atoms with van der Waals surface area (Å²) in [6.45, 7) is 3.24. The summed E-state index contributed by atoms with van der Waals surface area (Å²) in [6.07, 6.45) is 7.47. The summed E-state index contributed by atoms with van der Waals surface area (Å²) in [5.74, 6) is 1.56. The zero-order chi connectivity index (χ0) is 20.5. The summed E-state index contributed by atoms with van der Waals surface area (Å²) in [5, 5.41) is 7.41. The van der Waals surface area contributed by atoms with Crippen LogP contribution in [0, 0.1) is 6.92 Å². The molecule has 0 radical (unpaired) electrons. The number of aryl methyl sites for hydroxylation is 1. The third-order valence-electron chi connectivity index (χ3n) is 5.68. The number of amides is 1. The maximum absolute atomic E-state index is 12.7. The molecule has 1 amide bonds. The van der Waals surface area contributed by atoms with E-state index in [1.807, 2.05) is 36.2 Å². The lowest BCUT2D eigenvalue weighted by Gasteiger charge is -2.32. The van der Waals surface area contributed by atoms with E-state index < -0.39 is 0 Å². The van der Waals surface area contributed by atoms with Crippen LogP contribution in [0.2, 0.25) is 0 Å². The molecular weight excluding hydrogens is 380 g/mol. The van der Waals surface area contributed by atoms with Crippen LogP contribution in [0.15, 0.2) is 41.2 Å². The van der Waals surface area contributed by atoms with Gasteiger partial charge in [0, 0.05) is 43.5 Å². The number of anilines is 1. The Morgan fingerprint density at radius 1 is 1.17 bits per heavy atom. The van der Waals surface area contributed by atoms with Crippen molar-refractivity contribution in [3.05, 3.63) is 53.7 Å². The molecule has 1 saturated carbocycles. The molecule has 4 heterocycles. The van der Waals surface area contributed by atoms with Crippen LogP contribution in [-0.2, 0) is 0 Å². The lowest BCUT2D eigenvalue weighted by atomic mass is 9.90. The molecule has 0 spiro atoms. The average molecular weight is 404 g/mol. The first-order chi connectivity index (χ1) is 14.7. The Labute approximate surface area is 174 Å². The summed E-state index contributed by atoms with van der Waals surface area (Å²) in [5.41, 5.74) is 3.17. The number of nitrogens with one attached hydrogen (secondary N) is 1. The van der Waals surface area contributed by atoms with E-state index >= 15 is 0 Å². The van der Waals surface area contributed by atoms with Crippen LogP contribution in [0.1, 0.15) is 53.5 Å². The Morgan fingerprint density at radius 2 is 2.00 bits per heavy atom. The fourth-order valence-electron chi connectivity index (χ4n) is 3.87. The minimum atomic E-state index is -0.0149. The van der Waals surface area contributed by atoms with E-state index in [1.165, 1.54) is 0 Å². The van der Waals surface area contributed by atoms with Gasteiger partial charge in [-0.3, -0.25) is 9.78 Å². The van der Waals surface area contributed by atoms with Crippen LogP contribution in [0.25, 0.3) is 11.3 Å². The molecule has 5 rings (SSSR count). The molecule has 1 N–H and O–H groups in total. The van der Waals surface area contributed by atoms with Gasteiger partial charge in [0.05, 0.1) is 17.0 Å². The van der Waals surface area contributed by atoms with E-state index in [0.717, 1.165) is 42.6 Å². The van der Waals surface area contributed by atoms with E-state index in [9.17, 15) is 4.79 Å². The summed E-state index contributed by atoms with van der Waals surface area (Å²) in [6, 6.07) is 7.81. The maximum Gasteiger partial charge on any atom is 0.272 e. The topological polar surface area (TPSA) is 97.0 Å². The van der Waals surface area contributed by atoms with Crippen LogP contribution in [-0.4, -0.2) is 50.0 Å². The summed E-state index contributed by atoms with van der Waals surface area (Å²) in [4.78, 5) is 28.2. The standard InChI is InChI=1S/C22H24N6O2/c1-14-12-19(30-27-14)17-13-24-22(25-16-5-6-16)26-20(17)15-7-10-28(11-8-15)21(29)18-4-2-3-9-23-18/h2-4,9,12-13,15-16H,5-8,10-11H2,1H3,(H,24,25,26). The van der Waals surface area contributed by atoms with Gasteiger partial charge in [-0.25, -0.2) is 9.97 Å². The predicted octanol–water partition coefficient (Wildman–Crippen LogP) is 3.43. The van der Waals surface area contributed by atoms with E-state index in [-0.39, 0.29) is 11.8 Å². The number of hydrogen-bond acceptors (Lipinski definition) is 7. The van der Waals surface area contributed by atoms with Crippen molar-refractivity contribution in [2.45, 2.75) is 44.6 Å². The van der Waals surface area contributed by atoms with E-state index in [4.69, 9.17) is 9.51 Å². The van der Waals surface area contributed by atoms with Crippen LogP contribution in [0.4, 0.5) is 5.95 Å².